The molecule has 3 fully saturated rings. The molecule has 0 aromatic carbocycles. The molecule has 9 heterocycles. The number of rotatable bonds is 19. The summed E-state index contributed by atoms with van der Waals surface area (Å²) in [6, 6.07) is 0. The van der Waals surface area contributed by atoms with Gasteiger partial charge in [-0.15, -0.1) is 0 Å². The van der Waals surface area contributed by atoms with Crippen LogP contribution in [0, 0.1) is 5.92 Å². The molecule has 0 aliphatic carbocycles. The largest absolute Gasteiger partial charge is 0.756 e. The summed E-state index contributed by atoms with van der Waals surface area (Å²) in [5.74, 6) is -2.44. The highest BCUT2D eigenvalue weighted by Crippen LogP contribution is 2.67. The van der Waals surface area contributed by atoms with E-state index in [9.17, 15) is 62.9 Å². The van der Waals surface area contributed by atoms with Crippen molar-refractivity contribution < 1.29 is 99.2 Å². The van der Waals surface area contributed by atoms with E-state index in [1.54, 1.807) is 0 Å². The van der Waals surface area contributed by atoms with E-state index >= 15 is 0 Å². The van der Waals surface area contributed by atoms with Gasteiger partial charge in [0.25, 0.3) is 24.5 Å². The highest BCUT2D eigenvalue weighted by atomic mass is 31.3. The molecule has 2 amide bonds. The van der Waals surface area contributed by atoms with Crippen LogP contribution >= 0.6 is 23.5 Å². The number of carbonyl (C=O) groups excluding carboxylic acids is 2. The van der Waals surface area contributed by atoms with Gasteiger partial charge in [0.05, 0.1) is 39.0 Å². The minimum absolute atomic E-state index is 0.00798. The number of nitrogen functional groups attached to an aromatic ring is 3. The zero-order chi connectivity index (χ0) is 57.2. The first-order valence-corrected chi connectivity index (χ1v) is 27.4. The molecule has 0 bridgehead atoms. The molecule has 42 heteroatoms. The molecule has 79 heavy (non-hydrogen) atoms. The number of aromatic amines is 2. The van der Waals surface area contributed by atoms with Crippen LogP contribution in [-0.2, 0) is 66.9 Å². The van der Waals surface area contributed by atoms with Crippen molar-refractivity contribution >= 4 is 86.7 Å². The number of fused-ring (bicyclic) bond motifs is 3. The highest BCUT2D eigenvalue weighted by molar-refractivity contribution is 7.66. The Kier molecular flexibility index (Phi) is 15.8. The van der Waals surface area contributed by atoms with Crippen LogP contribution in [0.2, 0.25) is 0 Å². The maximum Gasteiger partial charge on any atom is 0.487 e. The van der Waals surface area contributed by atoms with E-state index in [0.29, 0.717) is 0 Å². The average molecular weight is 1180 g/mol. The number of nitrogens with zero attached hydrogens (tertiary/aromatic N) is 11. The lowest BCUT2D eigenvalue weighted by molar-refractivity contribution is -0.646. The molecule has 0 saturated carbocycles. The minimum Gasteiger partial charge on any atom is -0.756 e. The van der Waals surface area contributed by atoms with Crippen molar-refractivity contribution in [2.75, 3.05) is 58.2 Å². The molecule has 39 nitrogen and oxygen atoms in total. The van der Waals surface area contributed by atoms with Crippen LogP contribution in [0.5, 0.6) is 0 Å². The van der Waals surface area contributed by atoms with E-state index in [4.69, 9.17) is 49.9 Å². The molecular weight excluding hydrogens is 1130 g/mol. The molecule has 3 aliphatic rings. The van der Waals surface area contributed by atoms with Crippen molar-refractivity contribution in [3.05, 3.63) is 46.0 Å². The number of phosphoric acid groups is 3. The number of carbonyl (C=O) groups is 2. The van der Waals surface area contributed by atoms with Gasteiger partial charge in [0.2, 0.25) is 30.4 Å². The number of alkyl carbamates (subject to hydrolysis) is 1. The zero-order valence-electron chi connectivity index (χ0n) is 41.2. The van der Waals surface area contributed by atoms with Gasteiger partial charge in [-0.05, 0) is 0 Å². The fourth-order valence-electron chi connectivity index (χ4n) is 9.05. The fourth-order valence-corrected chi connectivity index (χ4v) is 12.5. The van der Waals surface area contributed by atoms with Crippen molar-refractivity contribution in [2.45, 2.75) is 73.9 Å². The number of aliphatic hydroxyl groups is 3. The van der Waals surface area contributed by atoms with Gasteiger partial charge >= 0.3 is 27.3 Å². The third-order valence-corrected chi connectivity index (χ3v) is 16.9. The third-order valence-electron chi connectivity index (χ3n) is 12.7. The van der Waals surface area contributed by atoms with Crippen molar-refractivity contribution in [1.29, 1.82) is 0 Å². The maximum atomic E-state index is 13.5. The van der Waals surface area contributed by atoms with Crippen molar-refractivity contribution in [3.63, 3.8) is 0 Å². The van der Waals surface area contributed by atoms with Gasteiger partial charge in [-0.1, -0.05) is 0 Å². The van der Waals surface area contributed by atoms with Gasteiger partial charge in [0.1, 0.15) is 48.5 Å². The van der Waals surface area contributed by atoms with E-state index in [1.165, 1.54) is 52.4 Å². The van der Waals surface area contributed by atoms with Crippen LogP contribution in [0.1, 0.15) is 25.1 Å². The van der Waals surface area contributed by atoms with Crippen LogP contribution < -0.4 is 43.1 Å². The second-order valence-corrected chi connectivity index (χ2v) is 22.6. The Morgan fingerprint density at radius 1 is 0.785 bits per heavy atom. The lowest BCUT2D eigenvalue weighted by Gasteiger charge is -2.27. The first-order valence-electron chi connectivity index (χ1n) is 22.9. The van der Waals surface area contributed by atoms with Crippen LogP contribution in [0.25, 0.3) is 33.5 Å². The number of amides is 2. The summed E-state index contributed by atoms with van der Waals surface area (Å²) in [5, 5.41) is 35.6. The smallest absolute Gasteiger partial charge is 0.487 e. The number of anilines is 3. The lowest BCUT2D eigenvalue weighted by Crippen LogP contribution is -2.44. The van der Waals surface area contributed by atoms with Gasteiger partial charge in [0, 0.05) is 40.1 Å². The number of nitrogens with two attached hydrogens (primary N) is 3. The average Bonchev–Trinajstić information content (AvgIpc) is 4.34. The molecular formula is C37H50N17O22P3. The number of imidazole rings is 3. The number of nitrogens with one attached hydrogen (secondary N) is 3. The zero-order valence-corrected chi connectivity index (χ0v) is 43.9. The Morgan fingerprint density at radius 2 is 1.41 bits per heavy atom. The number of methoxy groups -OCH3 is 1. The second-order valence-electron chi connectivity index (χ2n) is 18.0. The third kappa shape index (κ3) is 11.6. The highest BCUT2D eigenvalue weighted by Gasteiger charge is 2.53. The number of hydrogen-bond donors (Lipinski definition) is 11. The van der Waals surface area contributed by atoms with E-state index in [1.807, 2.05) is 0 Å². The minimum atomic E-state index is -6.25. The Morgan fingerprint density at radius 3 is 2.10 bits per heavy atom. The van der Waals surface area contributed by atoms with Gasteiger partial charge < -0.3 is 85.6 Å². The second kappa shape index (κ2) is 21.9. The fraction of sp³-hybridized carbons (Fsp3) is 0.541. The Hall–Kier alpha value is -6.48. The number of aryl methyl sites for hydroxylation is 1. The van der Waals surface area contributed by atoms with Gasteiger partial charge in [-0.2, -0.15) is 18.8 Å². The number of phosphoric ester groups is 2. The van der Waals surface area contributed by atoms with Gasteiger partial charge in [-0.25, -0.2) is 42.7 Å². The van der Waals surface area contributed by atoms with E-state index < -0.39 is 146 Å². The topological polar surface area (TPSA) is 548 Å². The predicted octanol–water partition coefficient (Wildman–Crippen LogP) is -5.02. The summed E-state index contributed by atoms with van der Waals surface area (Å²) in [6.45, 7) is -2.83. The maximum absolute atomic E-state index is 13.5. The Labute approximate surface area is 439 Å². The molecule has 9 rings (SSSR count). The lowest BCUT2D eigenvalue weighted by atomic mass is 9.94. The molecule has 6 aromatic heterocycles. The molecule has 430 valence electrons. The van der Waals surface area contributed by atoms with Gasteiger partial charge in [-0.3, -0.25) is 42.6 Å². The Bertz CT molecular complexity index is 3580. The predicted molar refractivity (Wildman–Crippen MR) is 255 cm³/mol. The summed E-state index contributed by atoms with van der Waals surface area (Å²) in [6.07, 6.45) is -13.8. The monoisotopic (exact) mass is 1180 g/mol. The number of H-pyrrole nitrogens is 2. The normalized spacial score (nSPS) is 28.5. The molecule has 3 saturated heterocycles. The first kappa shape index (κ1) is 57.2. The number of aromatic nitrogens is 12. The van der Waals surface area contributed by atoms with Crippen LogP contribution in [-0.4, -0.2) is 185 Å². The summed E-state index contributed by atoms with van der Waals surface area (Å²) in [7, 11) is -12.8. The Balaban J connectivity index is 0.867. The van der Waals surface area contributed by atoms with Gasteiger partial charge in [0.15, 0.2) is 41.2 Å². The summed E-state index contributed by atoms with van der Waals surface area (Å²) >= 11 is 0. The quantitative estimate of drug-likeness (QED) is 0.0267. The number of aliphatic hydroxyl groups excluding tert-OH is 3. The summed E-state index contributed by atoms with van der Waals surface area (Å²) in [4.78, 5) is 116. The number of ether oxygens (including phenoxy) is 5. The summed E-state index contributed by atoms with van der Waals surface area (Å²) in [5.41, 5.74) is 15.9. The molecule has 0 spiro atoms. The van der Waals surface area contributed by atoms with Crippen molar-refractivity contribution in [2.24, 2.45) is 13.0 Å². The molecule has 6 aromatic rings. The molecule has 15 atom stereocenters. The van der Waals surface area contributed by atoms with Crippen molar-refractivity contribution in [1.82, 2.24) is 63.8 Å². The molecule has 3 aliphatic heterocycles. The first-order chi connectivity index (χ1) is 37.2. The molecule has 4 unspecified atom stereocenters. The SMILES string of the molecule is CO[C@@H]1[C@H](OC(=O)NC[C@H]2O[C@@H](n3cnc4c(=O)[nH]c(N)nc43)[C@H](O)[C@@H]2O)[C@@H](COP(=O)(O)OP(=O)(O)OP(=O)([O-])OC[C@H]2OC(n3c[n+](C)c4c(=O)[nH]c(N)nc43)[C@H](O)[C@@H]2CC(=O)N(C)C)O[C@H]1n1cnc2c(N)ncnc21. The van der Waals surface area contributed by atoms with Crippen molar-refractivity contribution in [3.8, 4) is 0 Å². The van der Waals surface area contributed by atoms with Crippen LogP contribution in [0.15, 0.2) is 34.9 Å². The molecule has 14 N–H and O–H groups in total. The molecule has 0 radical (unpaired) electrons. The number of hydrogen-bond acceptors (Lipinski definition) is 29. The van der Waals surface area contributed by atoms with Crippen LogP contribution in [0.3, 0.4) is 0 Å². The standard InChI is InChI=1S/C37H50N17O22P3/c1-50(2)17(55)5-13-15(72-32(21(13)56)54-12-51(3)20-29(54)47-36(40)49-31(20)60)7-69-77(62,63)75-79(66,67)76-78(64,65)70-8-16-24(25(68-4)34(73-16)52-10-44-18-26(38)42-9-43-27(18)52)74-37(61)41-6-14-22(57)23(58)33(71-14)53-11-45-19-28(53)46-35(39)48-30(19)59/h9-16,21-25,32-34,56-58H,5-8H2,1-4H3,(H11-,38,39,40,41,42,43,46,47,48,49,59,60,61,62,63,64,65,66,67)/t13-,14-,15-,16-,21-,22-,23-,24-,25-,32?,33-,34-/m1/s1. The van der Waals surface area contributed by atoms with E-state index in [2.05, 4.69) is 53.8 Å². The van der Waals surface area contributed by atoms with E-state index in [-0.39, 0.29) is 51.2 Å². The summed E-state index contributed by atoms with van der Waals surface area (Å²) < 4.78 is 91.8. The van der Waals surface area contributed by atoms with Crippen LogP contribution in [0.4, 0.5) is 22.5 Å². The van der Waals surface area contributed by atoms with E-state index in [0.717, 1.165) is 24.3 Å².